The van der Waals surface area contributed by atoms with E-state index in [0.29, 0.717) is 5.76 Å². The highest BCUT2D eigenvalue weighted by Crippen LogP contribution is 2.32. The Morgan fingerprint density at radius 3 is 2.65 bits per heavy atom. The second kappa shape index (κ2) is 9.86. The average molecular weight is 459 g/mol. The fraction of sp³-hybridized carbons (Fsp3) is 0.320. The first kappa shape index (κ1) is 21.8. The van der Waals surface area contributed by atoms with Crippen LogP contribution in [-0.4, -0.2) is 42.7 Å². The molecule has 1 aliphatic carbocycles. The SMILES string of the molecule is O=C(NCc1ccco1)C(c1ccncc1)N(C(=O)Cn1nnc2ccccc21)C1CCCC1. The molecule has 1 N–H and O–H groups in total. The van der Waals surface area contributed by atoms with Crippen molar-refractivity contribution in [1.29, 1.82) is 0 Å². The molecule has 1 unspecified atom stereocenters. The van der Waals surface area contributed by atoms with Gasteiger partial charge in [0.15, 0.2) is 0 Å². The molecular formula is C25H26N6O3. The van der Waals surface area contributed by atoms with Crippen LogP contribution in [0.25, 0.3) is 11.0 Å². The lowest BCUT2D eigenvalue weighted by Gasteiger charge is -2.36. The number of nitrogens with zero attached hydrogens (tertiary/aromatic N) is 5. The lowest BCUT2D eigenvalue weighted by molar-refractivity contribution is -0.144. The van der Waals surface area contributed by atoms with Gasteiger partial charge in [-0.1, -0.05) is 30.2 Å². The van der Waals surface area contributed by atoms with Crippen LogP contribution in [0.1, 0.15) is 43.0 Å². The summed E-state index contributed by atoms with van der Waals surface area (Å²) in [5.41, 5.74) is 2.23. The lowest BCUT2D eigenvalue weighted by Crippen LogP contribution is -2.49. The number of carbonyl (C=O) groups excluding carboxylic acids is 2. The number of hydrogen-bond acceptors (Lipinski definition) is 6. The van der Waals surface area contributed by atoms with E-state index in [1.54, 1.807) is 52.5 Å². The first-order chi connectivity index (χ1) is 16.7. The molecule has 1 aliphatic rings. The Balaban J connectivity index is 1.47. The van der Waals surface area contributed by atoms with Crippen LogP contribution in [0, 0.1) is 0 Å². The van der Waals surface area contributed by atoms with E-state index in [0.717, 1.165) is 42.3 Å². The normalized spacial score (nSPS) is 14.8. The number of fused-ring (bicyclic) bond motifs is 1. The number of rotatable bonds is 8. The Morgan fingerprint density at radius 2 is 1.88 bits per heavy atom. The maximum absolute atomic E-state index is 13.8. The monoisotopic (exact) mass is 458 g/mol. The minimum atomic E-state index is -0.789. The summed E-state index contributed by atoms with van der Waals surface area (Å²) in [4.78, 5) is 33.2. The summed E-state index contributed by atoms with van der Waals surface area (Å²) >= 11 is 0. The molecule has 9 heteroatoms. The second-order valence-corrected chi connectivity index (χ2v) is 8.46. The number of benzene rings is 1. The zero-order valence-electron chi connectivity index (χ0n) is 18.7. The molecule has 1 aromatic carbocycles. The number of para-hydroxylation sites is 1. The van der Waals surface area contributed by atoms with Crippen molar-refractivity contribution in [1.82, 2.24) is 30.2 Å². The van der Waals surface area contributed by atoms with E-state index >= 15 is 0 Å². The van der Waals surface area contributed by atoms with Gasteiger partial charge in [-0.25, -0.2) is 4.68 Å². The first-order valence-electron chi connectivity index (χ1n) is 11.5. The molecule has 0 radical (unpaired) electrons. The minimum absolute atomic E-state index is 0.00403. The van der Waals surface area contributed by atoms with Crippen LogP contribution >= 0.6 is 0 Å². The molecule has 3 heterocycles. The zero-order chi connectivity index (χ0) is 23.3. The van der Waals surface area contributed by atoms with Gasteiger partial charge in [0.2, 0.25) is 11.8 Å². The standard InChI is InChI=1S/C25H26N6O3/c32-23(17-30-22-10-4-3-9-21(22)28-29-30)31(19-6-1-2-7-19)24(18-11-13-26-14-12-18)25(33)27-16-20-8-5-15-34-20/h3-5,8-15,19,24H,1-2,6-7,16-17H2,(H,27,33). The largest absolute Gasteiger partial charge is 0.467 e. The molecule has 0 saturated heterocycles. The summed E-state index contributed by atoms with van der Waals surface area (Å²) in [6.45, 7) is 0.248. The highest BCUT2D eigenvalue weighted by Gasteiger charge is 2.37. The molecule has 0 spiro atoms. The van der Waals surface area contributed by atoms with E-state index in [1.165, 1.54) is 0 Å². The Kier molecular flexibility index (Phi) is 6.33. The zero-order valence-corrected chi connectivity index (χ0v) is 18.7. The van der Waals surface area contributed by atoms with Crippen molar-refractivity contribution in [3.63, 3.8) is 0 Å². The molecule has 3 aromatic heterocycles. The van der Waals surface area contributed by atoms with Crippen molar-refractivity contribution in [2.24, 2.45) is 0 Å². The van der Waals surface area contributed by atoms with Crippen molar-refractivity contribution >= 4 is 22.8 Å². The first-order valence-corrected chi connectivity index (χ1v) is 11.5. The number of carbonyl (C=O) groups is 2. The third-order valence-electron chi connectivity index (χ3n) is 6.28. The molecule has 0 bridgehead atoms. The molecular weight excluding hydrogens is 432 g/mol. The van der Waals surface area contributed by atoms with Gasteiger partial charge in [0.25, 0.3) is 0 Å². The van der Waals surface area contributed by atoms with Gasteiger partial charge >= 0.3 is 0 Å². The van der Waals surface area contributed by atoms with Gasteiger partial charge in [-0.3, -0.25) is 14.6 Å². The van der Waals surface area contributed by atoms with Gasteiger partial charge in [0.1, 0.15) is 23.9 Å². The van der Waals surface area contributed by atoms with Crippen LogP contribution in [0.15, 0.2) is 71.6 Å². The Morgan fingerprint density at radius 1 is 1.09 bits per heavy atom. The van der Waals surface area contributed by atoms with E-state index in [2.05, 4.69) is 20.6 Å². The van der Waals surface area contributed by atoms with Crippen LogP contribution < -0.4 is 5.32 Å². The van der Waals surface area contributed by atoms with E-state index in [9.17, 15) is 9.59 Å². The molecule has 1 saturated carbocycles. The van der Waals surface area contributed by atoms with E-state index in [1.807, 2.05) is 24.3 Å². The molecule has 34 heavy (non-hydrogen) atoms. The van der Waals surface area contributed by atoms with Crippen LogP contribution in [0.5, 0.6) is 0 Å². The van der Waals surface area contributed by atoms with Gasteiger partial charge in [0, 0.05) is 18.4 Å². The van der Waals surface area contributed by atoms with Crippen molar-refractivity contribution in [2.75, 3.05) is 0 Å². The fourth-order valence-electron chi connectivity index (χ4n) is 4.65. The number of amides is 2. The summed E-state index contributed by atoms with van der Waals surface area (Å²) in [5.74, 6) is 0.221. The van der Waals surface area contributed by atoms with Crippen molar-refractivity contribution in [2.45, 2.75) is 50.9 Å². The van der Waals surface area contributed by atoms with Gasteiger partial charge < -0.3 is 14.6 Å². The molecule has 2 amide bonds. The molecule has 4 aromatic rings. The second-order valence-electron chi connectivity index (χ2n) is 8.46. The third kappa shape index (κ3) is 4.54. The summed E-state index contributed by atoms with van der Waals surface area (Å²) < 4.78 is 6.97. The molecule has 174 valence electrons. The predicted octanol–water partition coefficient (Wildman–Crippen LogP) is 3.25. The van der Waals surface area contributed by atoms with Crippen LogP contribution in [0.2, 0.25) is 0 Å². The maximum atomic E-state index is 13.8. The van der Waals surface area contributed by atoms with E-state index in [4.69, 9.17) is 4.42 Å². The maximum Gasteiger partial charge on any atom is 0.247 e. The quantitative estimate of drug-likeness (QED) is 0.434. The summed E-state index contributed by atoms with van der Waals surface area (Å²) in [6, 6.07) is 13.9. The molecule has 9 nitrogen and oxygen atoms in total. The van der Waals surface area contributed by atoms with Gasteiger partial charge in [-0.15, -0.1) is 5.10 Å². The number of pyridine rings is 1. The molecule has 0 aliphatic heterocycles. The fourth-order valence-corrected chi connectivity index (χ4v) is 4.65. The molecule has 5 rings (SSSR count). The van der Waals surface area contributed by atoms with E-state index in [-0.39, 0.29) is 30.9 Å². The van der Waals surface area contributed by atoms with Crippen molar-refractivity contribution in [3.05, 3.63) is 78.5 Å². The lowest BCUT2D eigenvalue weighted by atomic mass is 10.0. The summed E-state index contributed by atoms with van der Waals surface area (Å²) in [5, 5.41) is 11.3. The Labute approximate surface area is 196 Å². The van der Waals surface area contributed by atoms with Crippen LogP contribution in [0.3, 0.4) is 0 Å². The van der Waals surface area contributed by atoms with E-state index < -0.39 is 6.04 Å². The van der Waals surface area contributed by atoms with Gasteiger partial charge in [-0.2, -0.15) is 0 Å². The summed E-state index contributed by atoms with van der Waals surface area (Å²) in [7, 11) is 0. The van der Waals surface area contributed by atoms with Crippen LogP contribution in [-0.2, 0) is 22.7 Å². The number of nitrogens with one attached hydrogen (secondary N) is 1. The van der Waals surface area contributed by atoms with Gasteiger partial charge in [0.05, 0.1) is 18.3 Å². The Bertz CT molecular complexity index is 1250. The Hall–Kier alpha value is -4.01. The smallest absolute Gasteiger partial charge is 0.247 e. The van der Waals surface area contributed by atoms with Crippen molar-refractivity contribution in [3.8, 4) is 0 Å². The number of aromatic nitrogens is 4. The van der Waals surface area contributed by atoms with Gasteiger partial charge in [-0.05, 0) is 54.8 Å². The number of furan rings is 1. The average Bonchev–Trinajstić information content (AvgIpc) is 3.64. The third-order valence-corrected chi connectivity index (χ3v) is 6.28. The highest BCUT2D eigenvalue weighted by atomic mass is 16.3. The minimum Gasteiger partial charge on any atom is -0.467 e. The number of hydrogen-bond donors (Lipinski definition) is 1. The molecule has 1 atom stereocenters. The summed E-state index contributed by atoms with van der Waals surface area (Å²) in [6.07, 6.45) is 8.62. The van der Waals surface area contributed by atoms with Crippen LogP contribution in [0.4, 0.5) is 0 Å². The van der Waals surface area contributed by atoms with Crippen molar-refractivity contribution < 1.29 is 14.0 Å². The molecule has 1 fully saturated rings. The topological polar surface area (TPSA) is 106 Å². The predicted molar refractivity (Wildman–Crippen MR) is 124 cm³/mol. The highest BCUT2D eigenvalue weighted by molar-refractivity contribution is 5.89.